The van der Waals surface area contributed by atoms with Crippen LogP contribution in [-0.4, -0.2) is 46.3 Å². The standard InChI is InChI=1S/C21H25FN4OS/c1-3-25-10-4-5-17(25)12-23-20(27)19-11-18-14(2)24-26(21(18)28-19)13-15-6-8-16(22)9-7-15/h6-9,11,17H,3-5,10,12-13H2,1-2H3,(H,23,27). The molecule has 0 bridgehead atoms. The molecule has 1 aliphatic rings. The molecule has 0 aliphatic carbocycles. The molecule has 5 nitrogen and oxygen atoms in total. The molecular formula is C21H25FN4OS. The molecule has 0 saturated carbocycles. The van der Waals surface area contributed by atoms with E-state index < -0.39 is 0 Å². The van der Waals surface area contributed by atoms with E-state index in [0.717, 1.165) is 41.0 Å². The summed E-state index contributed by atoms with van der Waals surface area (Å²) in [5.41, 5.74) is 1.88. The number of carbonyl (C=O) groups excluding carboxylic acids is 1. The Balaban J connectivity index is 1.49. The average molecular weight is 401 g/mol. The SMILES string of the molecule is CCN1CCCC1CNC(=O)c1cc2c(C)nn(Cc3ccc(F)cc3)c2s1. The van der Waals surface area contributed by atoms with E-state index in [1.165, 1.54) is 29.9 Å². The van der Waals surface area contributed by atoms with Crippen LogP contribution in [0.15, 0.2) is 30.3 Å². The van der Waals surface area contributed by atoms with Crippen LogP contribution in [0.5, 0.6) is 0 Å². The van der Waals surface area contributed by atoms with Crippen molar-refractivity contribution < 1.29 is 9.18 Å². The van der Waals surface area contributed by atoms with Crippen molar-refractivity contribution in [3.63, 3.8) is 0 Å². The van der Waals surface area contributed by atoms with Crippen LogP contribution in [0.25, 0.3) is 10.2 Å². The summed E-state index contributed by atoms with van der Waals surface area (Å²) in [5, 5.41) is 8.71. The Bertz CT molecular complexity index is 978. The zero-order valence-corrected chi connectivity index (χ0v) is 17.1. The Morgan fingerprint density at radius 3 is 2.89 bits per heavy atom. The molecule has 7 heteroatoms. The van der Waals surface area contributed by atoms with Gasteiger partial charge in [-0.25, -0.2) is 4.39 Å². The summed E-state index contributed by atoms with van der Waals surface area (Å²) >= 11 is 1.47. The fourth-order valence-electron chi connectivity index (χ4n) is 3.93. The summed E-state index contributed by atoms with van der Waals surface area (Å²) in [6.45, 7) is 7.53. The molecule has 1 N–H and O–H groups in total. The predicted molar refractivity (Wildman–Crippen MR) is 110 cm³/mol. The van der Waals surface area contributed by atoms with Gasteiger partial charge in [-0.3, -0.25) is 14.4 Å². The van der Waals surface area contributed by atoms with Gasteiger partial charge in [-0.05, 0) is 56.6 Å². The number of carbonyl (C=O) groups is 1. The summed E-state index contributed by atoms with van der Waals surface area (Å²) < 4.78 is 15.0. The van der Waals surface area contributed by atoms with Gasteiger partial charge in [0.05, 0.1) is 17.1 Å². The van der Waals surface area contributed by atoms with Gasteiger partial charge in [-0.1, -0.05) is 19.1 Å². The predicted octanol–water partition coefficient (Wildman–Crippen LogP) is 3.81. The van der Waals surface area contributed by atoms with E-state index in [2.05, 4.69) is 22.2 Å². The third-order valence-electron chi connectivity index (χ3n) is 5.48. The van der Waals surface area contributed by atoms with Crippen molar-refractivity contribution in [2.24, 2.45) is 0 Å². The van der Waals surface area contributed by atoms with Gasteiger partial charge >= 0.3 is 0 Å². The molecule has 2 aromatic heterocycles. The zero-order chi connectivity index (χ0) is 19.7. The van der Waals surface area contributed by atoms with Crippen molar-refractivity contribution >= 4 is 27.5 Å². The van der Waals surface area contributed by atoms with Gasteiger partial charge in [0.1, 0.15) is 10.6 Å². The highest BCUT2D eigenvalue weighted by atomic mass is 32.1. The van der Waals surface area contributed by atoms with Crippen LogP contribution in [0, 0.1) is 12.7 Å². The molecular weight excluding hydrogens is 375 g/mol. The Morgan fingerprint density at radius 2 is 2.14 bits per heavy atom. The molecule has 3 aromatic rings. The number of thiophene rings is 1. The number of likely N-dealkylation sites (N-methyl/N-ethyl adjacent to an activating group) is 1. The third kappa shape index (κ3) is 3.82. The van der Waals surface area contributed by atoms with Crippen LogP contribution in [-0.2, 0) is 6.54 Å². The lowest BCUT2D eigenvalue weighted by Gasteiger charge is -2.22. The second-order valence-electron chi connectivity index (χ2n) is 7.33. The fraction of sp³-hybridized carbons (Fsp3) is 0.429. The van der Waals surface area contributed by atoms with Gasteiger partial charge in [0, 0.05) is 18.0 Å². The Hall–Kier alpha value is -2.25. The lowest BCUT2D eigenvalue weighted by atomic mass is 10.2. The molecule has 1 aromatic carbocycles. The van der Waals surface area contributed by atoms with Gasteiger partial charge in [-0.2, -0.15) is 5.10 Å². The van der Waals surface area contributed by atoms with Crippen molar-refractivity contribution in [1.29, 1.82) is 0 Å². The molecule has 1 atom stereocenters. The smallest absolute Gasteiger partial charge is 0.261 e. The van der Waals surface area contributed by atoms with Gasteiger partial charge in [0.15, 0.2) is 0 Å². The van der Waals surface area contributed by atoms with Crippen molar-refractivity contribution in [2.75, 3.05) is 19.6 Å². The number of hydrogen-bond donors (Lipinski definition) is 1. The molecule has 0 spiro atoms. The number of rotatable bonds is 6. The maximum absolute atomic E-state index is 13.1. The molecule has 1 amide bonds. The first-order valence-electron chi connectivity index (χ1n) is 9.78. The van der Waals surface area contributed by atoms with Gasteiger partial charge in [0.25, 0.3) is 5.91 Å². The molecule has 1 saturated heterocycles. The molecule has 0 radical (unpaired) electrons. The van der Waals surface area contributed by atoms with E-state index in [-0.39, 0.29) is 11.7 Å². The van der Waals surface area contributed by atoms with Crippen LogP contribution in [0.2, 0.25) is 0 Å². The monoisotopic (exact) mass is 400 g/mol. The Morgan fingerprint density at radius 1 is 1.36 bits per heavy atom. The third-order valence-corrected chi connectivity index (χ3v) is 6.63. The number of nitrogens with zero attached hydrogens (tertiary/aromatic N) is 3. The van der Waals surface area contributed by atoms with E-state index >= 15 is 0 Å². The molecule has 1 unspecified atom stereocenters. The number of fused-ring (bicyclic) bond motifs is 1. The summed E-state index contributed by atoms with van der Waals surface area (Å²) in [6.07, 6.45) is 2.35. The van der Waals surface area contributed by atoms with E-state index in [0.29, 0.717) is 24.0 Å². The van der Waals surface area contributed by atoms with Gasteiger partial charge in [-0.15, -0.1) is 11.3 Å². The molecule has 1 fully saturated rings. The zero-order valence-electron chi connectivity index (χ0n) is 16.2. The van der Waals surface area contributed by atoms with Gasteiger partial charge in [0.2, 0.25) is 0 Å². The number of aryl methyl sites for hydroxylation is 1. The number of nitrogens with one attached hydrogen (secondary N) is 1. The van der Waals surface area contributed by atoms with Crippen LogP contribution in [0.3, 0.4) is 0 Å². The number of halogens is 1. The number of likely N-dealkylation sites (tertiary alicyclic amines) is 1. The molecule has 3 heterocycles. The van der Waals surface area contributed by atoms with Gasteiger partial charge < -0.3 is 5.32 Å². The van der Waals surface area contributed by atoms with E-state index in [1.54, 1.807) is 12.1 Å². The minimum atomic E-state index is -0.246. The number of aromatic nitrogens is 2. The Labute approximate surface area is 168 Å². The van der Waals surface area contributed by atoms with Crippen LogP contribution in [0.4, 0.5) is 4.39 Å². The highest BCUT2D eigenvalue weighted by molar-refractivity contribution is 7.20. The van der Waals surface area contributed by atoms with E-state index in [9.17, 15) is 9.18 Å². The highest BCUT2D eigenvalue weighted by Gasteiger charge is 2.24. The first-order valence-corrected chi connectivity index (χ1v) is 10.6. The number of amides is 1. The Kier molecular flexibility index (Phi) is 5.46. The average Bonchev–Trinajstić information content (AvgIpc) is 3.39. The fourth-order valence-corrected chi connectivity index (χ4v) is 5.01. The quantitative estimate of drug-likeness (QED) is 0.685. The summed E-state index contributed by atoms with van der Waals surface area (Å²) in [5.74, 6) is -0.263. The molecule has 4 rings (SSSR count). The minimum absolute atomic E-state index is 0.0168. The number of benzene rings is 1. The van der Waals surface area contributed by atoms with E-state index in [1.807, 2.05) is 17.7 Å². The molecule has 28 heavy (non-hydrogen) atoms. The van der Waals surface area contributed by atoms with E-state index in [4.69, 9.17) is 0 Å². The van der Waals surface area contributed by atoms with Crippen molar-refractivity contribution in [2.45, 2.75) is 39.3 Å². The van der Waals surface area contributed by atoms with Crippen molar-refractivity contribution in [1.82, 2.24) is 20.0 Å². The van der Waals surface area contributed by atoms with Crippen LogP contribution >= 0.6 is 11.3 Å². The second-order valence-corrected chi connectivity index (χ2v) is 8.36. The maximum Gasteiger partial charge on any atom is 0.261 e. The number of hydrogen-bond acceptors (Lipinski definition) is 4. The first kappa shape index (κ1) is 19.1. The lowest BCUT2D eigenvalue weighted by molar-refractivity contribution is 0.0945. The normalized spacial score (nSPS) is 17.5. The summed E-state index contributed by atoms with van der Waals surface area (Å²) in [7, 11) is 0. The molecule has 1 aliphatic heterocycles. The van der Waals surface area contributed by atoms with Crippen molar-refractivity contribution in [3.05, 3.63) is 52.3 Å². The van der Waals surface area contributed by atoms with Crippen LogP contribution < -0.4 is 5.32 Å². The topological polar surface area (TPSA) is 50.2 Å². The lowest BCUT2D eigenvalue weighted by Crippen LogP contribution is -2.39. The summed E-state index contributed by atoms with van der Waals surface area (Å²) in [4.78, 5) is 16.8. The molecule has 148 valence electrons. The van der Waals surface area contributed by atoms with Crippen LogP contribution in [0.1, 0.15) is 40.7 Å². The first-order chi connectivity index (χ1) is 13.5. The largest absolute Gasteiger partial charge is 0.350 e. The minimum Gasteiger partial charge on any atom is -0.350 e. The maximum atomic E-state index is 13.1. The summed E-state index contributed by atoms with van der Waals surface area (Å²) in [6, 6.07) is 8.82. The van der Waals surface area contributed by atoms with Crippen molar-refractivity contribution in [3.8, 4) is 0 Å². The second kappa shape index (κ2) is 8.01. The highest BCUT2D eigenvalue weighted by Crippen LogP contribution is 2.29.